The van der Waals surface area contributed by atoms with Gasteiger partial charge in [-0.15, -0.1) is 0 Å². The van der Waals surface area contributed by atoms with Crippen molar-refractivity contribution in [3.05, 3.63) is 59.6 Å². The highest BCUT2D eigenvalue weighted by Crippen LogP contribution is 2.37. The number of alkyl halides is 3. The number of hydrogen-bond acceptors (Lipinski definition) is 6. The largest absolute Gasteiger partial charge is 0.451 e. The van der Waals surface area contributed by atoms with E-state index in [1.807, 2.05) is 0 Å². The Balaban J connectivity index is 1.40. The van der Waals surface area contributed by atoms with E-state index in [-0.39, 0.29) is 41.5 Å². The highest BCUT2D eigenvalue weighted by atomic mass is 19.4. The van der Waals surface area contributed by atoms with Gasteiger partial charge in [0.1, 0.15) is 11.6 Å². The summed E-state index contributed by atoms with van der Waals surface area (Å²) in [7, 11) is 0. The van der Waals surface area contributed by atoms with Gasteiger partial charge in [0.15, 0.2) is 0 Å². The fourth-order valence-corrected chi connectivity index (χ4v) is 4.43. The first-order valence-corrected chi connectivity index (χ1v) is 10.4. The first kappa shape index (κ1) is 21.3. The van der Waals surface area contributed by atoms with Crippen molar-refractivity contribution in [1.29, 1.82) is 0 Å². The van der Waals surface area contributed by atoms with Crippen molar-refractivity contribution in [2.75, 3.05) is 24.5 Å². The molecule has 2 aliphatic heterocycles. The lowest BCUT2D eigenvalue weighted by molar-refractivity contribution is -0.145. The van der Waals surface area contributed by atoms with Crippen LogP contribution in [0.3, 0.4) is 0 Å². The van der Waals surface area contributed by atoms with E-state index >= 15 is 0 Å². The number of nitrogens with zero attached hydrogens (tertiary/aromatic N) is 7. The van der Waals surface area contributed by atoms with E-state index in [4.69, 9.17) is 0 Å². The van der Waals surface area contributed by atoms with Gasteiger partial charge in [0, 0.05) is 37.3 Å². The van der Waals surface area contributed by atoms with E-state index in [0.29, 0.717) is 25.2 Å². The van der Waals surface area contributed by atoms with Gasteiger partial charge >= 0.3 is 6.18 Å². The summed E-state index contributed by atoms with van der Waals surface area (Å²) >= 11 is 0. The van der Waals surface area contributed by atoms with Gasteiger partial charge in [0.25, 0.3) is 5.91 Å². The van der Waals surface area contributed by atoms with E-state index < -0.39 is 17.8 Å². The number of anilines is 1. The van der Waals surface area contributed by atoms with Crippen LogP contribution in [0.2, 0.25) is 0 Å². The molecule has 2 atom stereocenters. The average Bonchev–Trinajstić information content (AvgIpc) is 3.28. The Kier molecular flexibility index (Phi) is 5.02. The van der Waals surface area contributed by atoms with Crippen molar-refractivity contribution in [2.24, 2.45) is 5.92 Å². The van der Waals surface area contributed by atoms with Crippen molar-refractivity contribution >= 4 is 11.7 Å². The molecule has 0 bridgehead atoms. The SMILES string of the molecule is Cc1cc(N2C[C@@H]3CCN(C(=O)c4cc(F)ccc4-n4nccn4)C[C@@H]32)nc(C(F)(F)F)n1. The van der Waals surface area contributed by atoms with Gasteiger partial charge in [-0.25, -0.2) is 14.4 Å². The van der Waals surface area contributed by atoms with Gasteiger partial charge in [-0.1, -0.05) is 0 Å². The molecule has 0 unspecified atom stereocenters. The lowest BCUT2D eigenvalue weighted by atomic mass is 9.82. The molecule has 2 aromatic heterocycles. The Morgan fingerprint density at radius 3 is 2.58 bits per heavy atom. The highest BCUT2D eigenvalue weighted by molar-refractivity contribution is 5.98. The van der Waals surface area contributed by atoms with E-state index in [2.05, 4.69) is 20.2 Å². The van der Waals surface area contributed by atoms with Crippen LogP contribution in [-0.4, -0.2) is 61.4 Å². The van der Waals surface area contributed by atoms with Crippen LogP contribution in [0.25, 0.3) is 5.69 Å². The van der Waals surface area contributed by atoms with Gasteiger partial charge in [0.2, 0.25) is 5.82 Å². The minimum Gasteiger partial charge on any atom is -0.351 e. The molecule has 0 saturated carbocycles. The Morgan fingerprint density at radius 1 is 1.09 bits per heavy atom. The molecule has 0 radical (unpaired) electrons. The predicted molar refractivity (Wildman–Crippen MR) is 108 cm³/mol. The van der Waals surface area contributed by atoms with Crippen LogP contribution in [0.15, 0.2) is 36.7 Å². The van der Waals surface area contributed by atoms with Gasteiger partial charge in [-0.05, 0) is 31.5 Å². The van der Waals surface area contributed by atoms with Crippen molar-refractivity contribution < 1.29 is 22.4 Å². The number of piperidine rings is 1. The number of amides is 1. The zero-order valence-electron chi connectivity index (χ0n) is 17.5. The first-order chi connectivity index (χ1) is 15.7. The number of carbonyl (C=O) groups excluding carboxylic acids is 1. The smallest absolute Gasteiger partial charge is 0.351 e. The maximum absolute atomic E-state index is 14.0. The third kappa shape index (κ3) is 3.89. The van der Waals surface area contributed by atoms with Gasteiger partial charge < -0.3 is 9.80 Å². The van der Waals surface area contributed by atoms with E-state index in [0.717, 1.165) is 6.07 Å². The van der Waals surface area contributed by atoms with Crippen molar-refractivity contribution in [1.82, 2.24) is 29.9 Å². The summed E-state index contributed by atoms with van der Waals surface area (Å²) in [6.45, 7) is 2.80. The number of rotatable bonds is 3. The van der Waals surface area contributed by atoms with Crippen molar-refractivity contribution in [3.63, 3.8) is 0 Å². The first-order valence-electron chi connectivity index (χ1n) is 10.4. The Morgan fingerprint density at radius 2 is 1.85 bits per heavy atom. The summed E-state index contributed by atoms with van der Waals surface area (Å²) in [6.07, 6.45) is -1.05. The molecule has 8 nitrogen and oxygen atoms in total. The van der Waals surface area contributed by atoms with E-state index in [1.165, 1.54) is 42.3 Å². The fraction of sp³-hybridized carbons (Fsp3) is 0.381. The molecule has 12 heteroatoms. The van der Waals surface area contributed by atoms with Crippen molar-refractivity contribution in [2.45, 2.75) is 25.6 Å². The Bertz CT molecular complexity index is 1200. The number of benzene rings is 1. The normalized spacial score (nSPS) is 20.4. The second-order valence-electron chi connectivity index (χ2n) is 8.19. The number of likely N-dealkylation sites (tertiary alicyclic amines) is 1. The molecule has 2 aliphatic rings. The molecule has 2 fully saturated rings. The summed E-state index contributed by atoms with van der Waals surface area (Å²) in [4.78, 5) is 25.2. The second-order valence-corrected chi connectivity index (χ2v) is 8.19. The maximum atomic E-state index is 14.0. The minimum absolute atomic E-state index is 0.118. The molecule has 3 aromatic rings. The summed E-state index contributed by atoms with van der Waals surface area (Å²) in [6, 6.07) is 5.14. The van der Waals surface area contributed by atoms with E-state index in [1.54, 1.807) is 9.80 Å². The molecule has 5 rings (SSSR count). The number of halogens is 4. The van der Waals surface area contributed by atoms with Crippen LogP contribution < -0.4 is 4.90 Å². The van der Waals surface area contributed by atoms with Gasteiger partial charge in [-0.3, -0.25) is 4.79 Å². The van der Waals surface area contributed by atoms with Crippen LogP contribution in [0.1, 0.15) is 28.3 Å². The molecule has 1 amide bonds. The Labute approximate surface area is 185 Å². The molecule has 2 saturated heterocycles. The number of aromatic nitrogens is 5. The molecule has 0 N–H and O–H groups in total. The summed E-state index contributed by atoms with van der Waals surface area (Å²) < 4.78 is 53.5. The van der Waals surface area contributed by atoms with Crippen LogP contribution >= 0.6 is 0 Å². The molecule has 0 aliphatic carbocycles. The van der Waals surface area contributed by atoms with Crippen LogP contribution in [-0.2, 0) is 6.18 Å². The summed E-state index contributed by atoms with van der Waals surface area (Å²) in [5, 5.41) is 8.06. The van der Waals surface area contributed by atoms with E-state index in [9.17, 15) is 22.4 Å². The monoisotopic (exact) mass is 461 g/mol. The average molecular weight is 461 g/mol. The number of aryl methyl sites for hydroxylation is 1. The molecular weight excluding hydrogens is 442 g/mol. The number of carbonyl (C=O) groups is 1. The fourth-order valence-electron chi connectivity index (χ4n) is 4.43. The van der Waals surface area contributed by atoms with Crippen LogP contribution in [0.5, 0.6) is 0 Å². The summed E-state index contributed by atoms with van der Waals surface area (Å²) in [5.41, 5.74) is 0.684. The van der Waals surface area contributed by atoms with Gasteiger partial charge in [-0.2, -0.15) is 28.2 Å². The lowest BCUT2D eigenvalue weighted by Gasteiger charge is -2.54. The minimum atomic E-state index is -4.64. The molecule has 1 aromatic carbocycles. The predicted octanol–water partition coefficient (Wildman–Crippen LogP) is 2.87. The molecular formula is C21H19F4N7O. The maximum Gasteiger partial charge on any atom is 0.451 e. The third-order valence-electron chi connectivity index (χ3n) is 6.05. The standard InChI is InChI=1S/C21H19F4N7O/c1-12-8-18(29-20(28-12)21(23,24)25)31-10-13-4-7-30(11-17(13)31)19(33)15-9-14(22)2-3-16(15)32-26-5-6-27-32/h2-3,5-6,8-9,13,17H,4,7,10-11H2,1H3/t13-,17-/m0/s1. The summed E-state index contributed by atoms with van der Waals surface area (Å²) in [5.74, 6) is -1.70. The lowest BCUT2D eigenvalue weighted by Crippen LogP contribution is -2.65. The molecule has 4 heterocycles. The third-order valence-corrected chi connectivity index (χ3v) is 6.05. The topological polar surface area (TPSA) is 80.0 Å². The quantitative estimate of drug-likeness (QED) is 0.558. The zero-order valence-corrected chi connectivity index (χ0v) is 17.5. The van der Waals surface area contributed by atoms with Crippen molar-refractivity contribution in [3.8, 4) is 5.69 Å². The van der Waals surface area contributed by atoms with Crippen LogP contribution in [0, 0.1) is 18.7 Å². The second kappa shape index (κ2) is 7.78. The molecule has 172 valence electrons. The Hall–Kier alpha value is -3.57. The van der Waals surface area contributed by atoms with Crippen LogP contribution in [0.4, 0.5) is 23.4 Å². The molecule has 33 heavy (non-hydrogen) atoms. The number of hydrogen-bond donors (Lipinski definition) is 0. The molecule has 0 spiro atoms. The highest BCUT2D eigenvalue weighted by Gasteiger charge is 2.45. The number of fused-ring (bicyclic) bond motifs is 1. The zero-order chi connectivity index (χ0) is 23.3. The van der Waals surface area contributed by atoms with Gasteiger partial charge in [0.05, 0.1) is 29.7 Å².